The number of nitrogens with zero attached hydrogens (tertiary/aromatic N) is 1. The Labute approximate surface area is 171 Å². The second-order valence-electron chi connectivity index (χ2n) is 6.90. The van der Waals surface area contributed by atoms with Gasteiger partial charge in [0.05, 0.1) is 20.5 Å². The molecule has 2 aromatic carbocycles. The molecular weight excluding hydrogens is 366 g/mol. The molecule has 0 fully saturated rings. The number of hydrogen-bond donors (Lipinski definition) is 0. The molecule has 0 N–H and O–H groups in total. The van der Waals surface area contributed by atoms with Crippen LogP contribution in [-0.4, -0.2) is 38.8 Å². The van der Waals surface area contributed by atoms with Crippen molar-refractivity contribution in [3.8, 4) is 28.4 Å². The van der Waals surface area contributed by atoms with Crippen LogP contribution < -0.4 is 14.2 Å². The minimum Gasteiger partial charge on any atom is -0.497 e. The molecule has 3 aromatic rings. The maximum absolute atomic E-state index is 6.05. The number of benzene rings is 2. The highest BCUT2D eigenvalue weighted by Gasteiger charge is 2.20. The first-order chi connectivity index (χ1) is 14.3. The molecule has 5 heteroatoms. The van der Waals surface area contributed by atoms with Gasteiger partial charge in [-0.05, 0) is 53.6 Å². The summed E-state index contributed by atoms with van der Waals surface area (Å²) < 4.78 is 22.3. The zero-order chi connectivity index (χ0) is 20.1. The van der Waals surface area contributed by atoms with Crippen molar-refractivity contribution in [2.24, 2.45) is 0 Å². The van der Waals surface area contributed by atoms with Gasteiger partial charge in [-0.2, -0.15) is 0 Å². The van der Waals surface area contributed by atoms with Crippen LogP contribution in [0.2, 0.25) is 0 Å². The predicted molar refractivity (Wildman–Crippen MR) is 113 cm³/mol. The third-order valence-corrected chi connectivity index (χ3v) is 5.01. The normalized spacial score (nSPS) is 14.3. The van der Waals surface area contributed by atoms with E-state index in [9.17, 15) is 0 Å². The molecule has 0 saturated heterocycles. The Balaban J connectivity index is 1.58. The van der Waals surface area contributed by atoms with Crippen molar-refractivity contribution in [3.05, 3.63) is 72.2 Å². The van der Waals surface area contributed by atoms with E-state index in [-0.39, 0.29) is 0 Å². The SMILES string of the molecule is COc1ccc(-c2cc3c(c(OC)c2)OCCN(C/C=C/c2ccco2)C3)cc1. The summed E-state index contributed by atoms with van der Waals surface area (Å²) in [4.78, 5) is 2.35. The molecule has 0 saturated carbocycles. The van der Waals surface area contributed by atoms with Crippen LogP contribution >= 0.6 is 0 Å². The Morgan fingerprint density at radius 2 is 1.90 bits per heavy atom. The molecule has 150 valence electrons. The van der Waals surface area contributed by atoms with Crippen LogP contribution in [0.25, 0.3) is 17.2 Å². The van der Waals surface area contributed by atoms with Gasteiger partial charge in [-0.15, -0.1) is 0 Å². The highest BCUT2D eigenvalue weighted by Crippen LogP contribution is 2.38. The average molecular weight is 391 g/mol. The van der Waals surface area contributed by atoms with Crippen LogP contribution in [0.1, 0.15) is 11.3 Å². The van der Waals surface area contributed by atoms with Gasteiger partial charge in [0.15, 0.2) is 11.5 Å². The van der Waals surface area contributed by atoms with E-state index < -0.39 is 0 Å². The van der Waals surface area contributed by atoms with Crippen molar-refractivity contribution in [2.45, 2.75) is 6.54 Å². The molecule has 0 amide bonds. The van der Waals surface area contributed by atoms with Gasteiger partial charge in [0.25, 0.3) is 0 Å². The first-order valence-electron chi connectivity index (χ1n) is 9.67. The van der Waals surface area contributed by atoms with Crippen molar-refractivity contribution < 1.29 is 18.6 Å². The van der Waals surface area contributed by atoms with Gasteiger partial charge < -0.3 is 18.6 Å². The van der Waals surface area contributed by atoms with Crippen LogP contribution in [-0.2, 0) is 6.54 Å². The van der Waals surface area contributed by atoms with E-state index in [1.165, 1.54) is 0 Å². The second kappa shape index (κ2) is 8.88. The van der Waals surface area contributed by atoms with Crippen LogP contribution in [0.4, 0.5) is 0 Å². The molecular formula is C24H25NO4. The molecule has 0 spiro atoms. The maximum atomic E-state index is 6.05. The van der Waals surface area contributed by atoms with Crippen molar-refractivity contribution in [1.29, 1.82) is 0 Å². The molecule has 29 heavy (non-hydrogen) atoms. The van der Waals surface area contributed by atoms with Crippen LogP contribution in [0.5, 0.6) is 17.2 Å². The summed E-state index contributed by atoms with van der Waals surface area (Å²) in [5.41, 5.74) is 3.33. The molecule has 2 heterocycles. The average Bonchev–Trinajstić information content (AvgIpc) is 3.19. The van der Waals surface area contributed by atoms with E-state index in [2.05, 4.69) is 29.2 Å². The van der Waals surface area contributed by atoms with E-state index in [1.807, 2.05) is 36.4 Å². The van der Waals surface area contributed by atoms with E-state index >= 15 is 0 Å². The highest BCUT2D eigenvalue weighted by molar-refractivity contribution is 5.70. The van der Waals surface area contributed by atoms with Gasteiger partial charge in [0, 0.05) is 25.2 Å². The number of rotatable bonds is 6. The lowest BCUT2D eigenvalue weighted by molar-refractivity contribution is 0.238. The number of furan rings is 1. The summed E-state index contributed by atoms with van der Waals surface area (Å²) in [6, 6.07) is 16.1. The van der Waals surface area contributed by atoms with Gasteiger partial charge in [-0.1, -0.05) is 18.2 Å². The molecule has 1 aromatic heterocycles. The molecule has 0 unspecified atom stereocenters. The molecule has 5 nitrogen and oxygen atoms in total. The summed E-state index contributed by atoms with van der Waals surface area (Å²) in [7, 11) is 3.36. The molecule has 0 atom stereocenters. The zero-order valence-electron chi connectivity index (χ0n) is 16.8. The second-order valence-corrected chi connectivity index (χ2v) is 6.90. The molecule has 1 aliphatic heterocycles. The third kappa shape index (κ3) is 4.46. The number of hydrogen-bond acceptors (Lipinski definition) is 5. The fourth-order valence-corrected chi connectivity index (χ4v) is 3.50. The lowest BCUT2D eigenvalue weighted by Crippen LogP contribution is -2.25. The maximum Gasteiger partial charge on any atom is 0.165 e. The van der Waals surface area contributed by atoms with E-state index in [4.69, 9.17) is 18.6 Å². The summed E-state index contributed by atoms with van der Waals surface area (Å²) in [5.74, 6) is 3.30. The largest absolute Gasteiger partial charge is 0.497 e. The lowest BCUT2D eigenvalue weighted by atomic mass is 10.0. The highest BCUT2D eigenvalue weighted by atomic mass is 16.5. The van der Waals surface area contributed by atoms with Gasteiger partial charge in [0.2, 0.25) is 0 Å². The summed E-state index contributed by atoms with van der Waals surface area (Å²) in [6.07, 6.45) is 5.80. The van der Waals surface area contributed by atoms with Crippen molar-refractivity contribution >= 4 is 6.08 Å². The van der Waals surface area contributed by atoms with Gasteiger partial charge in [-0.3, -0.25) is 4.90 Å². The standard InChI is InChI=1S/C24H25NO4/c1-26-21-9-7-18(8-10-21)19-15-20-17-25(11-3-5-22-6-4-13-28-22)12-14-29-24(20)23(16-19)27-2/h3-10,13,15-16H,11-12,14,17H2,1-2H3/b5-3+. The van der Waals surface area contributed by atoms with E-state index in [0.717, 1.165) is 59.3 Å². The topological polar surface area (TPSA) is 44.1 Å². The third-order valence-electron chi connectivity index (χ3n) is 5.01. The first-order valence-corrected chi connectivity index (χ1v) is 9.67. The summed E-state index contributed by atoms with van der Waals surface area (Å²) in [6.45, 7) is 3.08. The van der Waals surface area contributed by atoms with Crippen LogP contribution in [0.3, 0.4) is 0 Å². The number of methoxy groups -OCH3 is 2. The Morgan fingerprint density at radius 3 is 2.62 bits per heavy atom. The number of fused-ring (bicyclic) bond motifs is 1. The first kappa shape index (κ1) is 19.2. The Kier molecular flexibility index (Phi) is 5.86. The number of ether oxygens (including phenoxy) is 3. The zero-order valence-corrected chi connectivity index (χ0v) is 16.8. The Morgan fingerprint density at radius 1 is 1.03 bits per heavy atom. The Hall–Kier alpha value is -3.18. The molecule has 1 aliphatic rings. The molecule has 0 radical (unpaired) electrons. The quantitative estimate of drug-likeness (QED) is 0.600. The van der Waals surface area contributed by atoms with Crippen molar-refractivity contribution in [1.82, 2.24) is 4.90 Å². The fraction of sp³-hybridized carbons (Fsp3) is 0.250. The molecule has 4 rings (SSSR count). The summed E-state index contributed by atoms with van der Waals surface area (Å²) in [5, 5.41) is 0. The monoisotopic (exact) mass is 391 g/mol. The lowest BCUT2D eigenvalue weighted by Gasteiger charge is -2.18. The molecule has 0 aliphatic carbocycles. The minimum absolute atomic E-state index is 0.625. The van der Waals surface area contributed by atoms with Crippen molar-refractivity contribution in [3.63, 3.8) is 0 Å². The smallest absolute Gasteiger partial charge is 0.165 e. The van der Waals surface area contributed by atoms with Gasteiger partial charge >= 0.3 is 0 Å². The van der Waals surface area contributed by atoms with Crippen molar-refractivity contribution in [2.75, 3.05) is 33.9 Å². The van der Waals surface area contributed by atoms with E-state index in [0.29, 0.717) is 6.61 Å². The van der Waals surface area contributed by atoms with Crippen LogP contribution in [0, 0.1) is 0 Å². The van der Waals surface area contributed by atoms with Gasteiger partial charge in [0.1, 0.15) is 18.1 Å². The fourth-order valence-electron chi connectivity index (χ4n) is 3.50. The van der Waals surface area contributed by atoms with E-state index in [1.54, 1.807) is 20.5 Å². The minimum atomic E-state index is 0.625. The summed E-state index contributed by atoms with van der Waals surface area (Å²) >= 11 is 0. The molecule has 0 bridgehead atoms. The Bertz CT molecular complexity index is 961. The van der Waals surface area contributed by atoms with Gasteiger partial charge in [-0.25, -0.2) is 0 Å². The van der Waals surface area contributed by atoms with Crippen LogP contribution in [0.15, 0.2) is 65.3 Å². The predicted octanol–water partition coefficient (Wildman–Crippen LogP) is 4.87.